The molecule has 0 N–H and O–H groups in total. The average molecular weight is 285 g/mol. The molecule has 1 heterocycles. The van der Waals surface area contributed by atoms with Crippen LogP contribution in [0.4, 0.5) is 0 Å². The van der Waals surface area contributed by atoms with Crippen molar-refractivity contribution in [3.63, 3.8) is 0 Å². The Balaban J connectivity index is 2.79. The summed E-state index contributed by atoms with van der Waals surface area (Å²) in [7, 11) is 0. The highest BCUT2D eigenvalue weighted by molar-refractivity contribution is 9.10. The van der Waals surface area contributed by atoms with Gasteiger partial charge in [0, 0.05) is 6.54 Å². The molecule has 1 aromatic rings. The first kappa shape index (κ1) is 11.3. The van der Waals surface area contributed by atoms with Crippen molar-refractivity contribution in [2.45, 2.75) is 26.8 Å². The fourth-order valence-electron chi connectivity index (χ4n) is 0.894. The van der Waals surface area contributed by atoms with Crippen molar-refractivity contribution in [1.82, 2.24) is 3.96 Å². The lowest BCUT2D eigenvalue weighted by Gasteiger charge is -2.02. The van der Waals surface area contributed by atoms with Crippen LogP contribution in [0, 0.1) is 5.92 Å². The monoisotopic (exact) mass is 283 g/mol. The van der Waals surface area contributed by atoms with Crippen LogP contribution < -0.4 is 5.56 Å². The highest BCUT2D eigenvalue weighted by Crippen LogP contribution is 2.24. The molecule has 0 atom stereocenters. The van der Waals surface area contributed by atoms with E-state index in [2.05, 4.69) is 29.8 Å². The number of rotatable bonds is 3. The number of aryl methyl sites for hydroxylation is 1. The zero-order chi connectivity index (χ0) is 10.0. The first-order chi connectivity index (χ1) is 6.02. The van der Waals surface area contributed by atoms with Gasteiger partial charge in [-0.25, -0.2) is 0 Å². The average Bonchev–Trinajstić information content (AvgIpc) is 2.29. The van der Waals surface area contributed by atoms with Gasteiger partial charge in [-0.3, -0.25) is 8.75 Å². The predicted octanol–water partition coefficient (Wildman–Crippen LogP) is 3.37. The minimum atomic E-state index is -0.0179. The second-order valence-electron chi connectivity index (χ2n) is 3.27. The van der Waals surface area contributed by atoms with Gasteiger partial charge < -0.3 is 0 Å². The Bertz CT molecular complexity index is 344. The van der Waals surface area contributed by atoms with Gasteiger partial charge >= 0.3 is 0 Å². The molecule has 0 bridgehead atoms. The second-order valence-corrected chi connectivity index (χ2v) is 5.70. The van der Waals surface area contributed by atoms with E-state index < -0.39 is 0 Å². The molecule has 1 aromatic heterocycles. The third-order valence-electron chi connectivity index (χ3n) is 1.69. The van der Waals surface area contributed by atoms with Crippen LogP contribution >= 0.6 is 39.1 Å². The summed E-state index contributed by atoms with van der Waals surface area (Å²) < 4.78 is 2.71. The molecule has 0 aliphatic heterocycles. The summed E-state index contributed by atoms with van der Waals surface area (Å²) in [4.78, 5) is 11.4. The van der Waals surface area contributed by atoms with Crippen molar-refractivity contribution in [1.29, 1.82) is 0 Å². The van der Waals surface area contributed by atoms with Crippen molar-refractivity contribution in [2.75, 3.05) is 0 Å². The Morgan fingerprint density at radius 1 is 1.62 bits per heavy atom. The fourth-order valence-corrected chi connectivity index (χ4v) is 2.51. The molecule has 2 nitrogen and oxygen atoms in total. The predicted molar refractivity (Wildman–Crippen MR) is 60.7 cm³/mol. The first-order valence-electron chi connectivity index (χ1n) is 4.07. The van der Waals surface area contributed by atoms with Crippen LogP contribution in [0.3, 0.4) is 0 Å². The molecular weight excluding hydrogens is 274 g/mol. The maximum absolute atomic E-state index is 11.4. The second kappa shape index (κ2) is 4.62. The summed E-state index contributed by atoms with van der Waals surface area (Å²) in [6, 6.07) is 0. The molecule has 0 aliphatic carbocycles. The van der Waals surface area contributed by atoms with Gasteiger partial charge in [0.25, 0.3) is 5.56 Å². The lowest BCUT2D eigenvalue weighted by atomic mass is 10.1. The Labute approximate surface area is 94.8 Å². The number of aromatic nitrogens is 1. The minimum Gasteiger partial charge on any atom is -0.267 e. The van der Waals surface area contributed by atoms with Gasteiger partial charge in [0.1, 0.15) is 8.81 Å². The summed E-state index contributed by atoms with van der Waals surface area (Å²) >= 11 is 10.3. The largest absolute Gasteiger partial charge is 0.276 e. The quantitative estimate of drug-likeness (QED) is 0.834. The molecule has 1 rings (SSSR count). The summed E-state index contributed by atoms with van der Waals surface area (Å²) in [5, 5.41) is 0. The van der Waals surface area contributed by atoms with Crippen LogP contribution in [-0.2, 0) is 6.54 Å². The third-order valence-corrected chi connectivity index (χ3v) is 4.24. The zero-order valence-electron chi connectivity index (χ0n) is 7.51. The summed E-state index contributed by atoms with van der Waals surface area (Å²) in [5.41, 5.74) is -0.0179. The Hall–Kier alpha value is 0.200. The fraction of sp³-hybridized carbons (Fsp3) is 0.625. The molecule has 74 valence electrons. The van der Waals surface area contributed by atoms with Crippen LogP contribution in [0.5, 0.6) is 0 Å². The van der Waals surface area contributed by atoms with Gasteiger partial charge in [0.05, 0.1) is 0 Å². The van der Waals surface area contributed by atoms with Gasteiger partial charge in [0.2, 0.25) is 0 Å². The maximum Gasteiger partial charge on any atom is 0.276 e. The van der Waals surface area contributed by atoms with Crippen molar-refractivity contribution in [3.05, 3.63) is 19.2 Å². The standard InChI is InChI=1S/C8H11BrClNOS/c1-5(2)3-4-11-8(12)6(9)7(10)13-11/h5H,3-4H2,1-2H3. The van der Waals surface area contributed by atoms with Gasteiger partial charge in [0.15, 0.2) is 0 Å². The van der Waals surface area contributed by atoms with Crippen molar-refractivity contribution < 1.29 is 0 Å². The van der Waals surface area contributed by atoms with Crippen LogP contribution in [0.15, 0.2) is 9.27 Å². The van der Waals surface area contributed by atoms with E-state index in [-0.39, 0.29) is 5.56 Å². The SMILES string of the molecule is CC(C)CCn1sc(Cl)c(Br)c1=O. The summed E-state index contributed by atoms with van der Waals surface area (Å²) in [6.45, 7) is 5.02. The van der Waals surface area contributed by atoms with E-state index in [1.54, 1.807) is 3.96 Å². The van der Waals surface area contributed by atoms with Crippen LogP contribution in [-0.4, -0.2) is 3.96 Å². The van der Waals surface area contributed by atoms with E-state index in [1.807, 2.05) is 0 Å². The molecule has 0 aliphatic rings. The molecule has 13 heavy (non-hydrogen) atoms. The molecular formula is C8H11BrClNOS. The van der Waals surface area contributed by atoms with Crippen molar-refractivity contribution >= 4 is 39.1 Å². The van der Waals surface area contributed by atoms with E-state index in [4.69, 9.17) is 11.6 Å². The highest BCUT2D eigenvalue weighted by Gasteiger charge is 2.10. The molecule has 0 radical (unpaired) electrons. The molecule has 0 aromatic carbocycles. The van der Waals surface area contributed by atoms with Gasteiger partial charge in [-0.2, -0.15) is 0 Å². The first-order valence-corrected chi connectivity index (χ1v) is 6.02. The minimum absolute atomic E-state index is 0.0179. The maximum atomic E-state index is 11.4. The van der Waals surface area contributed by atoms with Crippen LogP contribution in [0.2, 0.25) is 4.34 Å². The lowest BCUT2D eigenvalue weighted by molar-refractivity contribution is 0.528. The normalized spacial score (nSPS) is 11.2. The molecule has 0 fully saturated rings. The van der Waals surface area contributed by atoms with E-state index >= 15 is 0 Å². The topological polar surface area (TPSA) is 22.0 Å². The Kier molecular flexibility index (Phi) is 4.01. The van der Waals surface area contributed by atoms with Gasteiger partial charge in [-0.05, 0) is 39.8 Å². The van der Waals surface area contributed by atoms with Crippen molar-refractivity contribution in [3.8, 4) is 0 Å². The Morgan fingerprint density at radius 2 is 2.23 bits per heavy atom. The number of halogens is 2. The molecule has 0 saturated heterocycles. The number of hydrogen-bond donors (Lipinski definition) is 0. The molecule has 0 spiro atoms. The summed E-state index contributed by atoms with van der Waals surface area (Å²) in [5.74, 6) is 0.603. The van der Waals surface area contributed by atoms with E-state index in [0.29, 0.717) is 14.7 Å². The summed E-state index contributed by atoms with van der Waals surface area (Å²) in [6.07, 6.45) is 1.00. The Morgan fingerprint density at radius 3 is 2.62 bits per heavy atom. The van der Waals surface area contributed by atoms with Crippen LogP contribution in [0.1, 0.15) is 20.3 Å². The van der Waals surface area contributed by atoms with E-state index in [0.717, 1.165) is 13.0 Å². The molecule has 5 heteroatoms. The number of hydrogen-bond acceptors (Lipinski definition) is 2. The molecule has 0 saturated carbocycles. The van der Waals surface area contributed by atoms with Crippen molar-refractivity contribution in [2.24, 2.45) is 5.92 Å². The van der Waals surface area contributed by atoms with Crippen LogP contribution in [0.25, 0.3) is 0 Å². The highest BCUT2D eigenvalue weighted by atomic mass is 79.9. The zero-order valence-corrected chi connectivity index (χ0v) is 10.7. The van der Waals surface area contributed by atoms with E-state index in [9.17, 15) is 4.79 Å². The van der Waals surface area contributed by atoms with Gasteiger partial charge in [-0.15, -0.1) is 0 Å². The van der Waals surface area contributed by atoms with Gasteiger partial charge in [-0.1, -0.05) is 25.4 Å². The third kappa shape index (κ3) is 2.82. The smallest absolute Gasteiger partial charge is 0.267 e. The number of nitrogens with zero attached hydrogens (tertiary/aromatic N) is 1. The van der Waals surface area contributed by atoms with E-state index in [1.165, 1.54) is 11.5 Å². The molecule has 0 unspecified atom stereocenters. The molecule has 0 amide bonds. The lowest BCUT2D eigenvalue weighted by Crippen LogP contribution is -2.14.